The van der Waals surface area contributed by atoms with Crippen molar-refractivity contribution in [3.8, 4) is 5.75 Å². The first-order valence-electron chi connectivity index (χ1n) is 9.08. The third-order valence-electron chi connectivity index (χ3n) is 4.50. The number of carbonyl (C=O) groups is 3. The number of ether oxygens (including phenoxy) is 2. The Morgan fingerprint density at radius 2 is 1.55 bits per heavy atom. The molecule has 0 aliphatic carbocycles. The number of carbonyl (C=O) groups excluding carboxylic acids is 3. The molecule has 0 saturated heterocycles. The van der Waals surface area contributed by atoms with Gasteiger partial charge in [0.2, 0.25) is 0 Å². The monoisotopic (exact) mass is 391 g/mol. The SMILES string of the molecule is COc1cc2ccccc2cc1C(=O)O[C@@H](C)C(=O)Nc1ccc(C(C)=O)cc1. The Bertz CT molecular complexity index is 1070. The first-order chi connectivity index (χ1) is 13.9. The molecule has 0 saturated carbocycles. The molecule has 0 radical (unpaired) electrons. The minimum Gasteiger partial charge on any atom is -0.496 e. The lowest BCUT2D eigenvalue weighted by Crippen LogP contribution is -2.30. The average Bonchev–Trinajstić information content (AvgIpc) is 2.72. The van der Waals surface area contributed by atoms with E-state index < -0.39 is 18.0 Å². The second-order valence-corrected chi connectivity index (χ2v) is 6.57. The van der Waals surface area contributed by atoms with Gasteiger partial charge < -0.3 is 14.8 Å². The van der Waals surface area contributed by atoms with Gasteiger partial charge in [-0.2, -0.15) is 0 Å². The fourth-order valence-electron chi connectivity index (χ4n) is 2.86. The molecule has 0 bridgehead atoms. The maximum Gasteiger partial charge on any atom is 0.342 e. The summed E-state index contributed by atoms with van der Waals surface area (Å²) in [6.07, 6.45) is -1.02. The summed E-state index contributed by atoms with van der Waals surface area (Å²) in [6, 6.07) is 17.5. The maximum atomic E-state index is 12.6. The van der Waals surface area contributed by atoms with Crippen LogP contribution in [0.5, 0.6) is 5.75 Å². The first-order valence-corrected chi connectivity index (χ1v) is 9.08. The lowest BCUT2D eigenvalue weighted by molar-refractivity contribution is -0.123. The van der Waals surface area contributed by atoms with Crippen molar-refractivity contribution >= 4 is 34.1 Å². The highest BCUT2D eigenvalue weighted by Crippen LogP contribution is 2.27. The van der Waals surface area contributed by atoms with E-state index in [-0.39, 0.29) is 11.3 Å². The van der Waals surface area contributed by atoms with Crippen molar-refractivity contribution in [1.82, 2.24) is 0 Å². The van der Waals surface area contributed by atoms with Gasteiger partial charge in [-0.1, -0.05) is 24.3 Å². The Morgan fingerprint density at radius 1 is 0.931 bits per heavy atom. The maximum absolute atomic E-state index is 12.6. The molecule has 0 spiro atoms. The van der Waals surface area contributed by atoms with Gasteiger partial charge in [-0.3, -0.25) is 9.59 Å². The predicted octanol–water partition coefficient (Wildman–Crippen LogP) is 4.24. The van der Waals surface area contributed by atoms with Crippen LogP contribution in [0.4, 0.5) is 5.69 Å². The summed E-state index contributed by atoms with van der Waals surface area (Å²) in [7, 11) is 1.47. The number of hydrogen-bond acceptors (Lipinski definition) is 5. The largest absolute Gasteiger partial charge is 0.496 e. The molecule has 1 atom stereocenters. The number of nitrogens with one attached hydrogen (secondary N) is 1. The highest BCUT2D eigenvalue weighted by Gasteiger charge is 2.22. The van der Waals surface area contributed by atoms with E-state index in [0.717, 1.165) is 10.8 Å². The summed E-state index contributed by atoms with van der Waals surface area (Å²) in [4.78, 5) is 36.3. The van der Waals surface area contributed by atoms with E-state index in [9.17, 15) is 14.4 Å². The number of benzene rings is 3. The van der Waals surface area contributed by atoms with Crippen LogP contribution in [0.2, 0.25) is 0 Å². The van der Waals surface area contributed by atoms with E-state index >= 15 is 0 Å². The summed E-state index contributed by atoms with van der Waals surface area (Å²) >= 11 is 0. The lowest BCUT2D eigenvalue weighted by atomic mass is 10.1. The summed E-state index contributed by atoms with van der Waals surface area (Å²) < 4.78 is 10.7. The Kier molecular flexibility index (Phi) is 5.93. The Morgan fingerprint density at radius 3 is 2.14 bits per heavy atom. The second kappa shape index (κ2) is 8.56. The van der Waals surface area contributed by atoms with Crippen LogP contribution in [0, 0.1) is 0 Å². The first kappa shape index (κ1) is 20.1. The molecular weight excluding hydrogens is 370 g/mol. The zero-order valence-electron chi connectivity index (χ0n) is 16.4. The van der Waals surface area contributed by atoms with Crippen molar-refractivity contribution in [3.63, 3.8) is 0 Å². The van der Waals surface area contributed by atoms with Gasteiger partial charge in [0.05, 0.1) is 7.11 Å². The number of Topliss-reactive ketones (excluding diaryl/α,β-unsaturated/α-hetero) is 1. The molecule has 0 aliphatic rings. The average molecular weight is 391 g/mol. The summed E-state index contributed by atoms with van der Waals surface area (Å²) in [5, 5.41) is 4.46. The topological polar surface area (TPSA) is 81.7 Å². The molecule has 3 aromatic carbocycles. The van der Waals surface area contributed by atoms with E-state index in [1.54, 1.807) is 36.4 Å². The third-order valence-corrected chi connectivity index (χ3v) is 4.50. The van der Waals surface area contributed by atoms with Gasteiger partial charge in [0.1, 0.15) is 11.3 Å². The Balaban J connectivity index is 1.72. The highest BCUT2D eigenvalue weighted by molar-refractivity contribution is 6.01. The van der Waals surface area contributed by atoms with Crippen LogP contribution in [0.3, 0.4) is 0 Å². The number of hydrogen-bond donors (Lipinski definition) is 1. The number of methoxy groups -OCH3 is 1. The number of esters is 1. The smallest absolute Gasteiger partial charge is 0.342 e. The molecule has 6 nitrogen and oxygen atoms in total. The van der Waals surface area contributed by atoms with E-state index in [1.165, 1.54) is 21.0 Å². The van der Waals surface area contributed by atoms with Crippen LogP contribution in [0.15, 0.2) is 60.7 Å². The van der Waals surface area contributed by atoms with Crippen molar-refractivity contribution in [1.29, 1.82) is 0 Å². The van der Waals surface area contributed by atoms with Crippen LogP contribution in [-0.4, -0.2) is 30.9 Å². The van der Waals surface area contributed by atoms with Crippen molar-refractivity contribution in [3.05, 3.63) is 71.8 Å². The van der Waals surface area contributed by atoms with E-state index in [4.69, 9.17) is 9.47 Å². The molecule has 0 aliphatic heterocycles. The fourth-order valence-corrected chi connectivity index (χ4v) is 2.86. The van der Waals surface area contributed by atoms with E-state index in [1.807, 2.05) is 24.3 Å². The minimum absolute atomic E-state index is 0.0606. The van der Waals surface area contributed by atoms with Crippen molar-refractivity contribution in [2.75, 3.05) is 12.4 Å². The van der Waals surface area contributed by atoms with E-state index in [0.29, 0.717) is 17.0 Å². The zero-order chi connectivity index (χ0) is 21.0. The molecule has 148 valence electrons. The van der Waals surface area contributed by atoms with Gasteiger partial charge in [-0.05, 0) is 61.0 Å². The quantitative estimate of drug-likeness (QED) is 0.502. The standard InChI is InChI=1S/C23H21NO5/c1-14(25)16-8-10-19(11-9-16)24-22(26)15(2)29-23(27)20-12-17-6-4-5-7-18(17)13-21(20)28-3/h4-13,15H,1-3H3,(H,24,26)/t15-/m0/s1. The van der Waals surface area contributed by atoms with Crippen molar-refractivity contribution < 1.29 is 23.9 Å². The zero-order valence-corrected chi connectivity index (χ0v) is 16.4. The van der Waals surface area contributed by atoms with Gasteiger partial charge in [-0.15, -0.1) is 0 Å². The number of rotatable bonds is 6. The molecule has 3 rings (SSSR count). The van der Waals surface area contributed by atoms with Crippen LogP contribution in [0.25, 0.3) is 10.8 Å². The molecule has 0 fully saturated rings. The summed E-state index contributed by atoms with van der Waals surface area (Å²) in [5.74, 6) is -0.813. The normalized spacial score (nSPS) is 11.6. The van der Waals surface area contributed by atoms with Gasteiger partial charge in [0.15, 0.2) is 11.9 Å². The van der Waals surface area contributed by atoms with Crippen LogP contribution < -0.4 is 10.1 Å². The number of amides is 1. The number of ketones is 1. The summed E-state index contributed by atoms with van der Waals surface area (Å²) in [6.45, 7) is 2.96. The molecule has 3 aromatic rings. The molecule has 1 amide bonds. The molecule has 0 aromatic heterocycles. The van der Waals surface area contributed by atoms with Gasteiger partial charge in [0.25, 0.3) is 5.91 Å². The molecule has 1 N–H and O–H groups in total. The highest BCUT2D eigenvalue weighted by atomic mass is 16.5. The number of anilines is 1. The third kappa shape index (κ3) is 4.60. The van der Waals surface area contributed by atoms with Crippen molar-refractivity contribution in [2.24, 2.45) is 0 Å². The molecule has 6 heteroatoms. The van der Waals surface area contributed by atoms with Crippen LogP contribution >= 0.6 is 0 Å². The van der Waals surface area contributed by atoms with Gasteiger partial charge >= 0.3 is 5.97 Å². The van der Waals surface area contributed by atoms with Crippen LogP contribution in [-0.2, 0) is 9.53 Å². The lowest BCUT2D eigenvalue weighted by Gasteiger charge is -2.15. The van der Waals surface area contributed by atoms with Crippen molar-refractivity contribution in [2.45, 2.75) is 20.0 Å². The predicted molar refractivity (Wildman–Crippen MR) is 110 cm³/mol. The Hall–Kier alpha value is -3.67. The molecule has 29 heavy (non-hydrogen) atoms. The fraction of sp³-hybridized carbons (Fsp3) is 0.174. The van der Waals surface area contributed by atoms with Gasteiger partial charge in [0, 0.05) is 11.3 Å². The minimum atomic E-state index is -1.02. The number of fused-ring (bicyclic) bond motifs is 1. The van der Waals surface area contributed by atoms with Gasteiger partial charge in [-0.25, -0.2) is 4.79 Å². The van der Waals surface area contributed by atoms with Crippen LogP contribution in [0.1, 0.15) is 34.6 Å². The second-order valence-electron chi connectivity index (χ2n) is 6.57. The Labute approximate surface area is 168 Å². The molecule has 0 heterocycles. The van der Waals surface area contributed by atoms with E-state index in [2.05, 4.69) is 5.32 Å². The molecule has 0 unspecified atom stereocenters. The summed E-state index contributed by atoms with van der Waals surface area (Å²) in [5.41, 5.74) is 1.30. The molecular formula is C23H21NO5.